The first-order valence-corrected chi connectivity index (χ1v) is 9.35. The molecule has 2 heterocycles. The van der Waals surface area contributed by atoms with Gasteiger partial charge in [-0.3, -0.25) is 9.69 Å². The summed E-state index contributed by atoms with van der Waals surface area (Å²) in [4.78, 5) is 15.5. The Hall–Kier alpha value is -1.20. The molecule has 0 aliphatic heterocycles. The van der Waals surface area contributed by atoms with Gasteiger partial charge >= 0.3 is 0 Å². The van der Waals surface area contributed by atoms with Crippen LogP contribution in [0, 0.1) is 11.3 Å². The summed E-state index contributed by atoms with van der Waals surface area (Å²) in [7, 11) is 0. The molecule has 0 radical (unpaired) electrons. The third-order valence-corrected chi connectivity index (χ3v) is 5.59. The topological polar surface area (TPSA) is 56.1 Å². The number of hydrogen-bond acceptors (Lipinski definition) is 5. The maximum absolute atomic E-state index is 12.0. The number of halogens is 1. The lowest BCUT2D eigenvalue weighted by atomic mass is 10.3. The number of nitrogens with zero attached hydrogens (tertiary/aromatic N) is 2. The fraction of sp³-hybridized carbons (Fsp3) is 0.333. The molecule has 1 amide bonds. The largest absolute Gasteiger partial charge is 0.317 e. The first-order chi connectivity index (χ1) is 10.6. The lowest BCUT2D eigenvalue weighted by Crippen LogP contribution is -2.27. The Morgan fingerprint density at radius 3 is 2.91 bits per heavy atom. The maximum Gasteiger partial charge on any atom is 0.226 e. The molecule has 0 unspecified atom stereocenters. The highest BCUT2D eigenvalue weighted by atomic mass is 79.9. The standard InChI is InChI=1S/C15H16BrN3OS2/c1-2-19(10-12-3-4-13(16)22-12)7-5-14(20)18-15-11(9-17)6-8-21-15/h3-4,6,8H,2,5,7,10H2,1H3,(H,18,20). The van der Waals surface area contributed by atoms with Gasteiger partial charge in [-0.05, 0) is 46.1 Å². The van der Waals surface area contributed by atoms with Crippen LogP contribution in [0.15, 0.2) is 27.4 Å². The SMILES string of the molecule is CCN(CCC(=O)Nc1sccc1C#N)Cc1ccc(Br)s1. The van der Waals surface area contributed by atoms with Gasteiger partial charge in [0.2, 0.25) is 5.91 Å². The molecule has 0 aromatic carbocycles. The molecule has 4 nitrogen and oxygen atoms in total. The summed E-state index contributed by atoms with van der Waals surface area (Å²) in [5.41, 5.74) is 0.522. The monoisotopic (exact) mass is 397 g/mol. The molecule has 2 rings (SSSR count). The Kier molecular flexibility index (Phi) is 6.58. The lowest BCUT2D eigenvalue weighted by molar-refractivity contribution is -0.116. The van der Waals surface area contributed by atoms with Gasteiger partial charge in [-0.1, -0.05) is 6.92 Å². The van der Waals surface area contributed by atoms with Crippen molar-refractivity contribution in [1.29, 1.82) is 5.26 Å². The van der Waals surface area contributed by atoms with E-state index in [1.54, 1.807) is 22.8 Å². The summed E-state index contributed by atoms with van der Waals surface area (Å²) >= 11 is 6.55. The highest BCUT2D eigenvalue weighted by Crippen LogP contribution is 2.24. The number of nitriles is 1. The second kappa shape index (κ2) is 8.44. The van der Waals surface area contributed by atoms with Crippen LogP contribution >= 0.6 is 38.6 Å². The summed E-state index contributed by atoms with van der Waals surface area (Å²) in [5, 5.41) is 14.2. The van der Waals surface area contributed by atoms with Crippen molar-refractivity contribution in [2.24, 2.45) is 0 Å². The molecule has 2 aromatic heterocycles. The van der Waals surface area contributed by atoms with Crippen LogP contribution in [0.4, 0.5) is 5.00 Å². The van der Waals surface area contributed by atoms with Crippen LogP contribution in [0.2, 0.25) is 0 Å². The Bertz CT molecular complexity index is 674. The van der Waals surface area contributed by atoms with Crippen molar-refractivity contribution in [1.82, 2.24) is 4.90 Å². The average Bonchev–Trinajstić information content (AvgIpc) is 3.12. The molecule has 116 valence electrons. The summed E-state index contributed by atoms with van der Waals surface area (Å²) in [5.74, 6) is -0.0511. The number of carbonyl (C=O) groups excluding carboxylic acids is 1. The molecule has 0 fully saturated rings. The third kappa shape index (κ3) is 4.92. The molecule has 1 N–H and O–H groups in total. The average molecular weight is 398 g/mol. The Morgan fingerprint density at radius 1 is 1.45 bits per heavy atom. The van der Waals surface area contributed by atoms with Crippen LogP contribution in [-0.2, 0) is 11.3 Å². The second-order valence-corrected chi connectivity index (χ2v) is 8.11. The fourth-order valence-corrected chi connectivity index (χ4v) is 4.23. The molecule has 2 aromatic rings. The van der Waals surface area contributed by atoms with E-state index in [9.17, 15) is 4.79 Å². The van der Waals surface area contributed by atoms with E-state index >= 15 is 0 Å². The van der Waals surface area contributed by atoms with Crippen molar-refractivity contribution in [3.05, 3.63) is 37.8 Å². The minimum atomic E-state index is -0.0511. The lowest BCUT2D eigenvalue weighted by Gasteiger charge is -2.19. The normalized spacial score (nSPS) is 10.6. The Labute approximate surface area is 146 Å². The summed E-state index contributed by atoms with van der Waals surface area (Å²) in [6.07, 6.45) is 0.420. The maximum atomic E-state index is 12.0. The Balaban J connectivity index is 1.82. The van der Waals surface area contributed by atoms with Crippen LogP contribution < -0.4 is 5.32 Å². The zero-order valence-corrected chi connectivity index (χ0v) is 15.4. The molecule has 0 saturated heterocycles. The number of carbonyl (C=O) groups is 1. The predicted octanol–water partition coefficient (Wildman–Crippen LogP) is 4.29. The number of thiophene rings is 2. The first kappa shape index (κ1) is 17.2. The van der Waals surface area contributed by atoms with Gasteiger partial charge in [-0.25, -0.2) is 0 Å². The van der Waals surface area contributed by atoms with Gasteiger partial charge in [0.15, 0.2) is 0 Å². The first-order valence-electron chi connectivity index (χ1n) is 6.86. The Morgan fingerprint density at radius 2 is 2.27 bits per heavy atom. The van der Waals surface area contributed by atoms with Gasteiger partial charge in [0.1, 0.15) is 11.1 Å². The van der Waals surface area contributed by atoms with Crippen LogP contribution in [-0.4, -0.2) is 23.9 Å². The van der Waals surface area contributed by atoms with Crippen LogP contribution in [0.3, 0.4) is 0 Å². The molecule has 0 bridgehead atoms. The molecular weight excluding hydrogens is 382 g/mol. The fourth-order valence-electron chi connectivity index (χ4n) is 1.95. The van der Waals surface area contributed by atoms with E-state index in [1.165, 1.54) is 16.2 Å². The highest BCUT2D eigenvalue weighted by Gasteiger charge is 2.11. The zero-order valence-electron chi connectivity index (χ0n) is 12.1. The van der Waals surface area contributed by atoms with Crippen molar-refractivity contribution in [3.63, 3.8) is 0 Å². The van der Waals surface area contributed by atoms with Crippen LogP contribution in [0.25, 0.3) is 0 Å². The summed E-state index contributed by atoms with van der Waals surface area (Å²) < 4.78 is 1.12. The van der Waals surface area contributed by atoms with Crippen LogP contribution in [0.5, 0.6) is 0 Å². The molecule has 0 aliphatic rings. The van der Waals surface area contributed by atoms with Crippen molar-refractivity contribution < 1.29 is 4.79 Å². The minimum Gasteiger partial charge on any atom is -0.317 e. The molecule has 0 aliphatic carbocycles. The van der Waals surface area contributed by atoms with E-state index < -0.39 is 0 Å². The van der Waals surface area contributed by atoms with Crippen molar-refractivity contribution in [2.45, 2.75) is 19.9 Å². The van der Waals surface area contributed by atoms with Gasteiger partial charge in [0, 0.05) is 24.4 Å². The quantitative estimate of drug-likeness (QED) is 0.757. The van der Waals surface area contributed by atoms with Gasteiger partial charge in [0.25, 0.3) is 0 Å². The van der Waals surface area contributed by atoms with Crippen LogP contribution in [0.1, 0.15) is 23.8 Å². The van der Waals surface area contributed by atoms with E-state index in [0.29, 0.717) is 23.5 Å². The number of amides is 1. The van der Waals surface area contributed by atoms with E-state index in [1.807, 2.05) is 6.07 Å². The number of nitrogens with one attached hydrogen (secondary N) is 1. The van der Waals surface area contributed by atoms with E-state index in [4.69, 9.17) is 5.26 Å². The van der Waals surface area contributed by atoms with Gasteiger partial charge < -0.3 is 5.32 Å². The van der Waals surface area contributed by atoms with E-state index in [2.05, 4.69) is 45.2 Å². The summed E-state index contributed by atoms with van der Waals surface area (Å²) in [6.45, 7) is 4.53. The van der Waals surface area contributed by atoms with Gasteiger partial charge in [0.05, 0.1) is 9.35 Å². The van der Waals surface area contributed by atoms with E-state index in [-0.39, 0.29) is 5.91 Å². The van der Waals surface area contributed by atoms with Gasteiger partial charge in [-0.15, -0.1) is 22.7 Å². The predicted molar refractivity (Wildman–Crippen MR) is 95.3 cm³/mol. The van der Waals surface area contributed by atoms with Crippen molar-refractivity contribution >= 4 is 49.5 Å². The minimum absolute atomic E-state index is 0.0511. The number of rotatable bonds is 7. The molecule has 22 heavy (non-hydrogen) atoms. The smallest absolute Gasteiger partial charge is 0.226 e. The number of anilines is 1. The molecule has 0 atom stereocenters. The summed E-state index contributed by atoms with van der Waals surface area (Å²) in [6, 6.07) is 7.93. The van der Waals surface area contributed by atoms with Crippen molar-refractivity contribution in [2.75, 3.05) is 18.4 Å². The van der Waals surface area contributed by atoms with Gasteiger partial charge in [-0.2, -0.15) is 5.26 Å². The molecular formula is C15H16BrN3OS2. The second-order valence-electron chi connectivity index (χ2n) is 4.65. The third-order valence-electron chi connectivity index (χ3n) is 3.15. The molecule has 7 heteroatoms. The molecule has 0 spiro atoms. The van der Waals surface area contributed by atoms with Crippen molar-refractivity contribution in [3.8, 4) is 6.07 Å². The number of hydrogen-bond donors (Lipinski definition) is 1. The molecule has 0 saturated carbocycles. The van der Waals surface area contributed by atoms with E-state index in [0.717, 1.165) is 16.9 Å². The highest BCUT2D eigenvalue weighted by molar-refractivity contribution is 9.11. The zero-order chi connectivity index (χ0) is 15.9.